The summed E-state index contributed by atoms with van der Waals surface area (Å²) in [6.45, 7) is 4.73. The van der Waals surface area contributed by atoms with Crippen LogP contribution in [-0.4, -0.2) is 37.1 Å². The van der Waals surface area contributed by atoms with Gasteiger partial charge in [0.05, 0.1) is 0 Å². The van der Waals surface area contributed by atoms with E-state index in [4.69, 9.17) is 0 Å². The fourth-order valence-corrected chi connectivity index (χ4v) is 3.29. The van der Waals surface area contributed by atoms with E-state index < -0.39 is 0 Å². The number of fused-ring (bicyclic) bond motifs is 3. The molecule has 3 saturated heterocycles. The van der Waals surface area contributed by atoms with Crippen LogP contribution in [0.25, 0.3) is 0 Å². The van der Waals surface area contributed by atoms with E-state index in [1.165, 1.54) is 38.5 Å². The summed E-state index contributed by atoms with van der Waals surface area (Å²) in [5.41, 5.74) is 1.09. The van der Waals surface area contributed by atoms with Crippen molar-refractivity contribution in [3.63, 3.8) is 0 Å². The molecule has 2 nitrogen and oxygen atoms in total. The van der Waals surface area contributed by atoms with Gasteiger partial charge in [-0.3, -0.25) is 0 Å². The zero-order chi connectivity index (χ0) is 12.4. The van der Waals surface area contributed by atoms with E-state index in [-0.39, 0.29) is 5.82 Å². The second kappa shape index (κ2) is 5.37. The number of rotatable bonds is 4. The first-order chi connectivity index (χ1) is 8.81. The van der Waals surface area contributed by atoms with Crippen molar-refractivity contribution in [1.29, 1.82) is 0 Å². The standard InChI is InChI=1S/C15H21FN2/c16-14-3-1-2-12(10-14)4-7-17-15-11-18-8-5-13(15)6-9-18/h1-3,10,13,15,17H,4-9,11H2. The molecule has 18 heavy (non-hydrogen) atoms. The zero-order valence-corrected chi connectivity index (χ0v) is 10.7. The van der Waals surface area contributed by atoms with Crippen molar-refractivity contribution >= 4 is 0 Å². The summed E-state index contributed by atoms with van der Waals surface area (Å²) in [4.78, 5) is 2.56. The molecule has 0 saturated carbocycles. The van der Waals surface area contributed by atoms with Crippen LogP contribution in [0.1, 0.15) is 18.4 Å². The molecule has 1 aromatic carbocycles. The van der Waals surface area contributed by atoms with Crippen LogP contribution < -0.4 is 5.32 Å². The number of nitrogens with zero attached hydrogens (tertiary/aromatic N) is 1. The molecule has 3 heteroatoms. The third-order valence-corrected chi connectivity index (χ3v) is 4.37. The quantitative estimate of drug-likeness (QED) is 0.877. The number of hydrogen-bond acceptors (Lipinski definition) is 2. The van der Waals surface area contributed by atoms with Gasteiger partial charge in [0, 0.05) is 12.6 Å². The van der Waals surface area contributed by atoms with Crippen LogP contribution in [0.5, 0.6) is 0 Å². The van der Waals surface area contributed by atoms with E-state index in [0.29, 0.717) is 6.04 Å². The molecule has 0 aliphatic carbocycles. The Bertz CT molecular complexity index is 399. The number of benzene rings is 1. The molecule has 98 valence electrons. The number of hydrogen-bond donors (Lipinski definition) is 1. The molecule has 3 fully saturated rings. The first-order valence-corrected chi connectivity index (χ1v) is 7.01. The Kier molecular flexibility index (Phi) is 3.62. The second-order valence-electron chi connectivity index (χ2n) is 5.58. The lowest BCUT2D eigenvalue weighted by molar-refractivity contribution is 0.0731. The van der Waals surface area contributed by atoms with Gasteiger partial charge in [-0.25, -0.2) is 4.39 Å². The molecule has 0 spiro atoms. The van der Waals surface area contributed by atoms with E-state index in [0.717, 1.165) is 24.4 Å². The Hall–Kier alpha value is -0.930. The molecule has 0 amide bonds. The molecule has 1 atom stereocenters. The monoisotopic (exact) mass is 248 g/mol. The van der Waals surface area contributed by atoms with Crippen LogP contribution in [0.4, 0.5) is 4.39 Å². The maximum atomic E-state index is 13.0. The first-order valence-electron chi connectivity index (χ1n) is 7.01. The fourth-order valence-electron chi connectivity index (χ4n) is 3.29. The van der Waals surface area contributed by atoms with Crippen molar-refractivity contribution in [1.82, 2.24) is 10.2 Å². The van der Waals surface area contributed by atoms with Crippen molar-refractivity contribution in [3.8, 4) is 0 Å². The Morgan fingerprint density at radius 3 is 2.78 bits per heavy atom. The van der Waals surface area contributed by atoms with Gasteiger partial charge in [0.25, 0.3) is 0 Å². The lowest BCUT2D eigenvalue weighted by atomic mass is 9.84. The minimum absolute atomic E-state index is 0.129. The van der Waals surface area contributed by atoms with E-state index in [1.54, 1.807) is 12.1 Å². The summed E-state index contributed by atoms with van der Waals surface area (Å²) >= 11 is 0. The molecule has 3 aliphatic heterocycles. The van der Waals surface area contributed by atoms with Crippen LogP contribution in [-0.2, 0) is 6.42 Å². The topological polar surface area (TPSA) is 15.3 Å². The predicted octanol–water partition coefficient (Wildman–Crippen LogP) is 2.05. The summed E-state index contributed by atoms with van der Waals surface area (Å²) in [6.07, 6.45) is 3.61. The predicted molar refractivity (Wildman–Crippen MR) is 71.1 cm³/mol. The summed E-state index contributed by atoms with van der Waals surface area (Å²) in [5.74, 6) is 0.734. The highest BCUT2D eigenvalue weighted by Gasteiger charge is 2.33. The molecule has 1 aromatic rings. The van der Waals surface area contributed by atoms with Gasteiger partial charge in [0.1, 0.15) is 5.82 Å². The molecule has 3 heterocycles. The Morgan fingerprint density at radius 2 is 2.11 bits per heavy atom. The SMILES string of the molecule is Fc1cccc(CCNC2CN3CCC2CC3)c1. The smallest absolute Gasteiger partial charge is 0.123 e. The van der Waals surface area contributed by atoms with E-state index in [9.17, 15) is 4.39 Å². The lowest BCUT2D eigenvalue weighted by Gasteiger charge is -2.45. The number of piperidine rings is 3. The molecule has 3 aliphatic rings. The number of halogens is 1. The normalized spacial score (nSPS) is 30.6. The fraction of sp³-hybridized carbons (Fsp3) is 0.600. The van der Waals surface area contributed by atoms with Crippen molar-refractivity contribution in [2.24, 2.45) is 5.92 Å². The maximum Gasteiger partial charge on any atom is 0.123 e. The molecule has 0 radical (unpaired) electrons. The molecule has 4 rings (SSSR count). The van der Waals surface area contributed by atoms with E-state index in [2.05, 4.69) is 10.2 Å². The summed E-state index contributed by atoms with van der Waals surface area (Å²) < 4.78 is 13.0. The molecular formula is C15H21FN2. The number of nitrogens with one attached hydrogen (secondary N) is 1. The Labute approximate surface area is 108 Å². The van der Waals surface area contributed by atoms with Gasteiger partial charge in [-0.2, -0.15) is 0 Å². The molecular weight excluding hydrogens is 227 g/mol. The summed E-state index contributed by atoms with van der Waals surface area (Å²) in [6, 6.07) is 7.59. The molecule has 1 unspecified atom stereocenters. The second-order valence-corrected chi connectivity index (χ2v) is 5.58. The largest absolute Gasteiger partial charge is 0.312 e. The van der Waals surface area contributed by atoms with Crippen LogP contribution in [0.15, 0.2) is 24.3 Å². The molecule has 1 N–H and O–H groups in total. The minimum atomic E-state index is -0.129. The van der Waals surface area contributed by atoms with Gasteiger partial charge >= 0.3 is 0 Å². The highest BCUT2D eigenvalue weighted by Crippen LogP contribution is 2.27. The van der Waals surface area contributed by atoms with Crippen LogP contribution in [0, 0.1) is 11.7 Å². The van der Waals surface area contributed by atoms with Gasteiger partial charge in [0.2, 0.25) is 0 Å². The van der Waals surface area contributed by atoms with Crippen molar-refractivity contribution in [3.05, 3.63) is 35.6 Å². The third kappa shape index (κ3) is 2.73. The van der Waals surface area contributed by atoms with Crippen molar-refractivity contribution < 1.29 is 4.39 Å². The Balaban J connectivity index is 1.47. The highest BCUT2D eigenvalue weighted by atomic mass is 19.1. The molecule has 2 bridgehead atoms. The average Bonchev–Trinajstić information content (AvgIpc) is 2.40. The van der Waals surface area contributed by atoms with E-state index >= 15 is 0 Å². The van der Waals surface area contributed by atoms with Gasteiger partial charge < -0.3 is 10.2 Å². The third-order valence-electron chi connectivity index (χ3n) is 4.37. The van der Waals surface area contributed by atoms with Gasteiger partial charge in [-0.05, 0) is 62.5 Å². The summed E-state index contributed by atoms with van der Waals surface area (Å²) in [7, 11) is 0. The zero-order valence-electron chi connectivity index (χ0n) is 10.7. The summed E-state index contributed by atoms with van der Waals surface area (Å²) in [5, 5.41) is 3.66. The van der Waals surface area contributed by atoms with Crippen molar-refractivity contribution in [2.75, 3.05) is 26.2 Å². The van der Waals surface area contributed by atoms with Gasteiger partial charge in [-0.15, -0.1) is 0 Å². The van der Waals surface area contributed by atoms with Crippen molar-refractivity contribution in [2.45, 2.75) is 25.3 Å². The van der Waals surface area contributed by atoms with Crippen LogP contribution in [0.2, 0.25) is 0 Å². The van der Waals surface area contributed by atoms with Gasteiger partial charge in [0.15, 0.2) is 0 Å². The van der Waals surface area contributed by atoms with Crippen LogP contribution in [0.3, 0.4) is 0 Å². The van der Waals surface area contributed by atoms with Crippen LogP contribution >= 0.6 is 0 Å². The van der Waals surface area contributed by atoms with E-state index in [1.807, 2.05) is 6.07 Å². The Morgan fingerprint density at radius 1 is 1.28 bits per heavy atom. The average molecular weight is 248 g/mol. The maximum absolute atomic E-state index is 13.0. The first kappa shape index (κ1) is 12.1. The van der Waals surface area contributed by atoms with Gasteiger partial charge in [-0.1, -0.05) is 12.1 Å². The highest BCUT2D eigenvalue weighted by molar-refractivity contribution is 5.16. The minimum Gasteiger partial charge on any atom is -0.312 e. The molecule has 0 aromatic heterocycles. The lowest BCUT2D eigenvalue weighted by Crippen LogP contribution is -2.56.